The molecule has 0 saturated heterocycles. The van der Waals surface area contributed by atoms with Crippen LogP contribution in [0.1, 0.15) is 23.9 Å². The summed E-state index contributed by atoms with van der Waals surface area (Å²) in [6.07, 6.45) is 0.721. The molecule has 1 amide bonds. The second kappa shape index (κ2) is 9.00. The number of carbonyl (C=O) groups is 1. The van der Waals surface area contributed by atoms with Crippen molar-refractivity contribution in [3.8, 4) is 11.5 Å². The summed E-state index contributed by atoms with van der Waals surface area (Å²) in [6, 6.07) is 15.8. The second-order valence-electron chi connectivity index (χ2n) is 6.56. The Balaban J connectivity index is 1.31. The Hall–Kier alpha value is -3.00. The highest BCUT2D eigenvalue weighted by atomic mass is 32.2. The molecule has 0 saturated carbocycles. The summed E-state index contributed by atoms with van der Waals surface area (Å²) in [4.78, 5) is 12.3. The van der Waals surface area contributed by atoms with Gasteiger partial charge in [-0.2, -0.15) is 0 Å². The van der Waals surface area contributed by atoms with Gasteiger partial charge in [0.1, 0.15) is 5.82 Å². The number of fused-ring (bicyclic) bond motifs is 1. The van der Waals surface area contributed by atoms with E-state index in [2.05, 4.69) is 39.1 Å². The Morgan fingerprint density at radius 1 is 1.10 bits per heavy atom. The van der Waals surface area contributed by atoms with Crippen LogP contribution in [0.4, 0.5) is 0 Å². The molecule has 0 radical (unpaired) electrons. The largest absolute Gasteiger partial charge is 0.454 e. The minimum absolute atomic E-state index is 0.0528. The first-order valence-corrected chi connectivity index (χ1v) is 10.5. The van der Waals surface area contributed by atoms with E-state index in [1.807, 2.05) is 36.4 Å². The first-order valence-electron chi connectivity index (χ1n) is 9.47. The molecule has 2 heterocycles. The smallest absolute Gasteiger partial charge is 0.231 e. The molecule has 0 unspecified atom stereocenters. The molecule has 0 bridgehead atoms. The van der Waals surface area contributed by atoms with Crippen molar-refractivity contribution in [3.05, 3.63) is 65.5 Å². The summed E-state index contributed by atoms with van der Waals surface area (Å²) >= 11 is 1.40. The Bertz CT molecular complexity index is 991. The number of nitrogens with one attached hydrogen (secondary N) is 1. The standard InChI is InChI=1S/C21H22N4O3S/c1-2-25-19(11-15-6-4-3-5-7-15)23-24-21(25)29-13-20(26)22-12-16-8-9-17-18(10-16)28-14-27-17/h3-10H,2,11-14H2,1H3,(H,22,26). The van der Waals surface area contributed by atoms with Crippen LogP contribution in [0.15, 0.2) is 53.7 Å². The van der Waals surface area contributed by atoms with Crippen LogP contribution in [-0.4, -0.2) is 33.2 Å². The van der Waals surface area contributed by atoms with Crippen LogP contribution >= 0.6 is 11.8 Å². The van der Waals surface area contributed by atoms with Crippen molar-refractivity contribution in [2.75, 3.05) is 12.5 Å². The van der Waals surface area contributed by atoms with E-state index in [0.29, 0.717) is 12.3 Å². The van der Waals surface area contributed by atoms with Crippen LogP contribution in [0.25, 0.3) is 0 Å². The van der Waals surface area contributed by atoms with E-state index in [1.165, 1.54) is 17.3 Å². The van der Waals surface area contributed by atoms with Gasteiger partial charge in [0.25, 0.3) is 0 Å². The molecule has 7 nitrogen and oxygen atoms in total. The summed E-state index contributed by atoms with van der Waals surface area (Å²) in [7, 11) is 0. The zero-order valence-electron chi connectivity index (χ0n) is 16.1. The molecule has 3 aromatic rings. The zero-order valence-corrected chi connectivity index (χ0v) is 16.9. The van der Waals surface area contributed by atoms with Crippen molar-refractivity contribution < 1.29 is 14.3 Å². The van der Waals surface area contributed by atoms with Crippen molar-refractivity contribution in [1.29, 1.82) is 0 Å². The molecule has 0 spiro atoms. The van der Waals surface area contributed by atoms with Gasteiger partial charge in [-0.1, -0.05) is 48.2 Å². The SMILES string of the molecule is CCn1c(Cc2ccccc2)nnc1SCC(=O)NCc1ccc2c(c1)OCO2. The maximum Gasteiger partial charge on any atom is 0.231 e. The van der Waals surface area contributed by atoms with Crippen LogP contribution in [0, 0.1) is 0 Å². The number of rotatable bonds is 8. The number of thioether (sulfide) groups is 1. The van der Waals surface area contributed by atoms with Gasteiger partial charge in [-0.15, -0.1) is 10.2 Å². The minimum atomic E-state index is -0.0528. The van der Waals surface area contributed by atoms with Crippen molar-refractivity contribution >= 4 is 17.7 Å². The van der Waals surface area contributed by atoms with Gasteiger partial charge in [0.05, 0.1) is 5.75 Å². The predicted octanol–water partition coefficient (Wildman–Crippen LogP) is 3.03. The molecule has 8 heteroatoms. The van der Waals surface area contributed by atoms with Crippen LogP contribution < -0.4 is 14.8 Å². The molecule has 1 aliphatic heterocycles. The summed E-state index contributed by atoms with van der Waals surface area (Å²) in [5.74, 6) is 2.59. The first kappa shape index (κ1) is 19.3. The Kier molecular flexibility index (Phi) is 6.00. The summed E-state index contributed by atoms with van der Waals surface area (Å²) in [5, 5.41) is 12.3. The summed E-state index contributed by atoms with van der Waals surface area (Å²) in [5.41, 5.74) is 2.15. The topological polar surface area (TPSA) is 78.3 Å². The Labute approximate surface area is 173 Å². The average molecular weight is 410 g/mol. The van der Waals surface area contributed by atoms with Crippen LogP contribution in [0.2, 0.25) is 0 Å². The lowest BCUT2D eigenvalue weighted by Gasteiger charge is -2.08. The highest BCUT2D eigenvalue weighted by Gasteiger charge is 2.15. The lowest BCUT2D eigenvalue weighted by molar-refractivity contribution is -0.118. The van der Waals surface area contributed by atoms with E-state index in [9.17, 15) is 4.79 Å². The number of amides is 1. The highest BCUT2D eigenvalue weighted by molar-refractivity contribution is 7.99. The molecule has 2 aromatic carbocycles. The fourth-order valence-corrected chi connectivity index (χ4v) is 3.94. The predicted molar refractivity (Wildman–Crippen MR) is 110 cm³/mol. The van der Waals surface area contributed by atoms with E-state index in [4.69, 9.17) is 9.47 Å². The van der Waals surface area contributed by atoms with E-state index in [0.717, 1.165) is 35.3 Å². The van der Waals surface area contributed by atoms with Gasteiger partial charge >= 0.3 is 0 Å². The van der Waals surface area contributed by atoms with Crippen LogP contribution in [-0.2, 0) is 24.3 Å². The van der Waals surface area contributed by atoms with Gasteiger partial charge in [-0.25, -0.2) is 0 Å². The van der Waals surface area contributed by atoms with Crippen molar-refractivity contribution in [2.45, 2.75) is 31.6 Å². The van der Waals surface area contributed by atoms with Crippen LogP contribution in [0.5, 0.6) is 11.5 Å². The highest BCUT2D eigenvalue weighted by Crippen LogP contribution is 2.32. The van der Waals surface area contributed by atoms with Gasteiger partial charge in [-0.05, 0) is 30.2 Å². The number of hydrogen-bond donors (Lipinski definition) is 1. The molecule has 29 heavy (non-hydrogen) atoms. The monoisotopic (exact) mass is 410 g/mol. The number of hydrogen-bond acceptors (Lipinski definition) is 6. The molecule has 1 N–H and O–H groups in total. The van der Waals surface area contributed by atoms with Crippen molar-refractivity contribution in [3.63, 3.8) is 0 Å². The van der Waals surface area contributed by atoms with Gasteiger partial charge < -0.3 is 19.4 Å². The molecule has 0 aliphatic carbocycles. The number of ether oxygens (including phenoxy) is 2. The lowest BCUT2D eigenvalue weighted by Crippen LogP contribution is -2.24. The molecule has 150 valence electrons. The van der Waals surface area contributed by atoms with E-state index in [-0.39, 0.29) is 18.5 Å². The molecular weight excluding hydrogens is 388 g/mol. The number of benzene rings is 2. The zero-order chi connectivity index (χ0) is 20.1. The van der Waals surface area contributed by atoms with Gasteiger partial charge in [0, 0.05) is 19.5 Å². The van der Waals surface area contributed by atoms with Gasteiger partial charge in [0.15, 0.2) is 16.7 Å². The fourth-order valence-electron chi connectivity index (χ4n) is 3.09. The Morgan fingerprint density at radius 3 is 2.76 bits per heavy atom. The van der Waals surface area contributed by atoms with Gasteiger partial charge in [-0.3, -0.25) is 4.79 Å². The molecule has 0 atom stereocenters. The van der Waals surface area contributed by atoms with Crippen molar-refractivity contribution in [2.24, 2.45) is 0 Å². The maximum atomic E-state index is 12.3. The number of nitrogens with zero attached hydrogens (tertiary/aromatic N) is 3. The molecule has 1 aliphatic rings. The molecule has 1 aromatic heterocycles. The number of carbonyl (C=O) groups excluding carboxylic acids is 1. The molecule has 0 fully saturated rings. The van der Waals surface area contributed by atoms with E-state index < -0.39 is 0 Å². The van der Waals surface area contributed by atoms with E-state index in [1.54, 1.807) is 0 Å². The Morgan fingerprint density at radius 2 is 1.93 bits per heavy atom. The third-order valence-electron chi connectivity index (χ3n) is 4.57. The average Bonchev–Trinajstić information content (AvgIpc) is 3.37. The summed E-state index contributed by atoms with van der Waals surface area (Å²) in [6.45, 7) is 3.50. The number of aromatic nitrogens is 3. The molecular formula is C21H22N4O3S. The van der Waals surface area contributed by atoms with Crippen LogP contribution in [0.3, 0.4) is 0 Å². The second-order valence-corrected chi connectivity index (χ2v) is 7.50. The first-order chi connectivity index (χ1) is 14.2. The third-order valence-corrected chi connectivity index (χ3v) is 5.54. The van der Waals surface area contributed by atoms with Gasteiger partial charge in [0.2, 0.25) is 12.7 Å². The molecule has 4 rings (SSSR count). The lowest BCUT2D eigenvalue weighted by atomic mass is 10.1. The normalized spacial score (nSPS) is 12.2. The maximum absolute atomic E-state index is 12.3. The quantitative estimate of drug-likeness (QED) is 0.575. The fraction of sp³-hybridized carbons (Fsp3) is 0.286. The third kappa shape index (κ3) is 4.71. The summed E-state index contributed by atoms with van der Waals surface area (Å²) < 4.78 is 12.7. The van der Waals surface area contributed by atoms with E-state index >= 15 is 0 Å². The van der Waals surface area contributed by atoms with Crippen molar-refractivity contribution in [1.82, 2.24) is 20.1 Å². The minimum Gasteiger partial charge on any atom is -0.454 e.